The molecule has 0 aromatic carbocycles. The Hall–Kier alpha value is -0.840. The van der Waals surface area contributed by atoms with Gasteiger partial charge in [0.15, 0.2) is 0 Å². The second-order valence-electron chi connectivity index (χ2n) is 4.38. The standard InChI is InChI=1S/C12H19NO3/c1-2-10(11-4-3-6-16-11)13-8-12(14)5-7-15-9-12/h3-4,6,10,13-14H,2,5,7-9H2,1H3. The quantitative estimate of drug-likeness (QED) is 0.796. The molecule has 1 aromatic heterocycles. The van der Waals surface area contributed by atoms with Gasteiger partial charge in [-0.15, -0.1) is 0 Å². The van der Waals surface area contributed by atoms with E-state index in [4.69, 9.17) is 9.15 Å². The van der Waals surface area contributed by atoms with Gasteiger partial charge in [-0.2, -0.15) is 0 Å². The summed E-state index contributed by atoms with van der Waals surface area (Å²) in [5.41, 5.74) is -0.708. The number of hydrogen-bond acceptors (Lipinski definition) is 4. The van der Waals surface area contributed by atoms with Crippen LogP contribution in [0.15, 0.2) is 22.8 Å². The van der Waals surface area contributed by atoms with E-state index in [2.05, 4.69) is 12.2 Å². The molecule has 2 atom stereocenters. The van der Waals surface area contributed by atoms with Crippen molar-refractivity contribution < 1.29 is 14.3 Å². The minimum absolute atomic E-state index is 0.166. The van der Waals surface area contributed by atoms with Gasteiger partial charge >= 0.3 is 0 Å². The van der Waals surface area contributed by atoms with Gasteiger partial charge in [0.05, 0.1) is 18.9 Å². The Bertz CT molecular complexity index is 304. The van der Waals surface area contributed by atoms with Crippen molar-refractivity contribution in [2.75, 3.05) is 19.8 Å². The van der Waals surface area contributed by atoms with Gasteiger partial charge in [0, 0.05) is 19.6 Å². The first-order valence-electron chi connectivity index (χ1n) is 5.80. The molecule has 2 unspecified atom stereocenters. The molecule has 2 N–H and O–H groups in total. The van der Waals surface area contributed by atoms with E-state index in [9.17, 15) is 5.11 Å². The third-order valence-electron chi connectivity index (χ3n) is 3.05. The highest BCUT2D eigenvalue weighted by Crippen LogP contribution is 2.21. The Balaban J connectivity index is 1.88. The summed E-state index contributed by atoms with van der Waals surface area (Å²) in [7, 11) is 0. The third-order valence-corrected chi connectivity index (χ3v) is 3.05. The molecule has 2 rings (SSSR count). The molecule has 0 radical (unpaired) electrons. The van der Waals surface area contributed by atoms with Gasteiger partial charge in [-0.3, -0.25) is 0 Å². The van der Waals surface area contributed by atoms with Crippen LogP contribution in [0.25, 0.3) is 0 Å². The largest absolute Gasteiger partial charge is 0.468 e. The summed E-state index contributed by atoms with van der Waals surface area (Å²) < 4.78 is 10.6. The van der Waals surface area contributed by atoms with Crippen molar-refractivity contribution >= 4 is 0 Å². The topological polar surface area (TPSA) is 54.6 Å². The van der Waals surface area contributed by atoms with E-state index in [1.807, 2.05) is 12.1 Å². The highest BCUT2D eigenvalue weighted by atomic mass is 16.5. The van der Waals surface area contributed by atoms with E-state index >= 15 is 0 Å². The van der Waals surface area contributed by atoms with Crippen LogP contribution >= 0.6 is 0 Å². The predicted molar refractivity (Wildman–Crippen MR) is 60.1 cm³/mol. The van der Waals surface area contributed by atoms with E-state index in [-0.39, 0.29) is 6.04 Å². The number of ether oxygens (including phenoxy) is 1. The average Bonchev–Trinajstić information content (AvgIpc) is 2.91. The van der Waals surface area contributed by atoms with Crippen molar-refractivity contribution in [1.82, 2.24) is 5.32 Å². The number of furan rings is 1. The van der Waals surface area contributed by atoms with Crippen molar-refractivity contribution in [1.29, 1.82) is 0 Å². The SMILES string of the molecule is CCC(NCC1(O)CCOC1)c1ccco1. The molecule has 2 heterocycles. The summed E-state index contributed by atoms with van der Waals surface area (Å²) in [4.78, 5) is 0. The molecule has 0 bridgehead atoms. The average molecular weight is 225 g/mol. The minimum atomic E-state index is -0.708. The van der Waals surface area contributed by atoms with E-state index in [0.717, 1.165) is 12.2 Å². The molecule has 0 amide bonds. The molecule has 1 aliphatic rings. The van der Waals surface area contributed by atoms with Crippen molar-refractivity contribution in [3.8, 4) is 0 Å². The second-order valence-corrected chi connectivity index (χ2v) is 4.38. The van der Waals surface area contributed by atoms with Crippen LogP contribution in [0.4, 0.5) is 0 Å². The zero-order valence-corrected chi connectivity index (χ0v) is 9.61. The lowest BCUT2D eigenvalue weighted by atomic mass is 10.0. The zero-order valence-electron chi connectivity index (χ0n) is 9.61. The molecule has 90 valence electrons. The third kappa shape index (κ3) is 2.64. The van der Waals surface area contributed by atoms with Gasteiger partial charge in [0.2, 0.25) is 0 Å². The molecule has 1 saturated heterocycles. The fourth-order valence-corrected chi connectivity index (χ4v) is 1.98. The molecular formula is C12H19NO3. The highest BCUT2D eigenvalue weighted by Gasteiger charge is 2.32. The lowest BCUT2D eigenvalue weighted by Gasteiger charge is -2.24. The molecule has 0 aliphatic carbocycles. The van der Waals surface area contributed by atoms with Crippen LogP contribution in [0.5, 0.6) is 0 Å². The Labute approximate surface area is 95.6 Å². The molecule has 0 spiro atoms. The van der Waals surface area contributed by atoms with E-state index < -0.39 is 5.60 Å². The minimum Gasteiger partial charge on any atom is -0.468 e. The molecule has 4 nitrogen and oxygen atoms in total. The number of hydrogen-bond donors (Lipinski definition) is 2. The summed E-state index contributed by atoms with van der Waals surface area (Å²) >= 11 is 0. The van der Waals surface area contributed by atoms with Crippen molar-refractivity contribution in [2.45, 2.75) is 31.4 Å². The van der Waals surface area contributed by atoms with E-state index in [0.29, 0.717) is 26.2 Å². The van der Waals surface area contributed by atoms with Gasteiger partial charge in [0.25, 0.3) is 0 Å². The molecule has 16 heavy (non-hydrogen) atoms. The highest BCUT2D eigenvalue weighted by molar-refractivity contribution is 5.04. The first-order valence-corrected chi connectivity index (χ1v) is 5.80. The van der Waals surface area contributed by atoms with Gasteiger partial charge in [-0.1, -0.05) is 6.92 Å². The number of aliphatic hydroxyl groups is 1. The fourth-order valence-electron chi connectivity index (χ4n) is 1.98. The predicted octanol–water partition coefficient (Wildman–Crippen LogP) is 1.47. The summed E-state index contributed by atoms with van der Waals surface area (Å²) in [6.07, 6.45) is 3.31. The fraction of sp³-hybridized carbons (Fsp3) is 0.667. The summed E-state index contributed by atoms with van der Waals surface area (Å²) in [5, 5.41) is 13.4. The van der Waals surface area contributed by atoms with Crippen molar-refractivity contribution in [2.24, 2.45) is 0 Å². The van der Waals surface area contributed by atoms with Crippen LogP contribution in [0.1, 0.15) is 31.6 Å². The van der Waals surface area contributed by atoms with Crippen LogP contribution < -0.4 is 5.32 Å². The van der Waals surface area contributed by atoms with Crippen LogP contribution in [-0.2, 0) is 4.74 Å². The zero-order chi connectivity index (χ0) is 11.4. The van der Waals surface area contributed by atoms with Gasteiger partial charge < -0.3 is 19.6 Å². The molecule has 1 aromatic rings. The van der Waals surface area contributed by atoms with Gasteiger partial charge in [0.1, 0.15) is 11.4 Å². The van der Waals surface area contributed by atoms with Crippen molar-refractivity contribution in [3.05, 3.63) is 24.2 Å². The van der Waals surface area contributed by atoms with Crippen LogP contribution in [0.3, 0.4) is 0 Å². The smallest absolute Gasteiger partial charge is 0.120 e. The maximum absolute atomic E-state index is 10.1. The van der Waals surface area contributed by atoms with Crippen LogP contribution in [0.2, 0.25) is 0 Å². The molecule has 4 heteroatoms. The molecule has 1 fully saturated rings. The maximum atomic E-state index is 10.1. The number of nitrogens with one attached hydrogen (secondary N) is 1. The van der Waals surface area contributed by atoms with Crippen molar-refractivity contribution in [3.63, 3.8) is 0 Å². The maximum Gasteiger partial charge on any atom is 0.120 e. The molecular weight excluding hydrogens is 206 g/mol. The van der Waals surface area contributed by atoms with Crippen LogP contribution in [-0.4, -0.2) is 30.5 Å². The summed E-state index contributed by atoms with van der Waals surface area (Å²) in [5.74, 6) is 0.921. The Morgan fingerprint density at radius 1 is 1.62 bits per heavy atom. The van der Waals surface area contributed by atoms with E-state index in [1.165, 1.54) is 0 Å². The van der Waals surface area contributed by atoms with Gasteiger partial charge in [-0.25, -0.2) is 0 Å². The second kappa shape index (κ2) is 4.99. The normalized spacial score (nSPS) is 27.1. The summed E-state index contributed by atoms with van der Waals surface area (Å²) in [6.45, 7) is 3.71. The Morgan fingerprint density at radius 2 is 2.50 bits per heavy atom. The first kappa shape index (κ1) is 11.6. The van der Waals surface area contributed by atoms with Gasteiger partial charge in [-0.05, 0) is 18.6 Å². The molecule has 1 aliphatic heterocycles. The number of rotatable bonds is 5. The lowest BCUT2D eigenvalue weighted by Crippen LogP contribution is -2.42. The Kier molecular flexibility index (Phi) is 3.63. The monoisotopic (exact) mass is 225 g/mol. The summed E-state index contributed by atoms with van der Waals surface area (Å²) in [6, 6.07) is 4.00. The van der Waals surface area contributed by atoms with Crippen LogP contribution in [0, 0.1) is 0 Å². The first-order chi connectivity index (χ1) is 7.73. The lowest BCUT2D eigenvalue weighted by molar-refractivity contribution is 0.0241. The molecule has 0 saturated carbocycles. The Morgan fingerprint density at radius 3 is 3.06 bits per heavy atom. The van der Waals surface area contributed by atoms with E-state index in [1.54, 1.807) is 6.26 Å².